The minimum absolute atomic E-state index is 0.0878. The third-order valence-corrected chi connectivity index (χ3v) is 4.90. The summed E-state index contributed by atoms with van der Waals surface area (Å²) in [6.45, 7) is 9.31. The standard InChI is InChI=1S/C20H25ClN2O/c1-20(2,3)19-14-23(12-16-9-10-22-11-17(16)21)13-18(24-19)15-7-5-4-6-8-15/h4-11,18-19H,12-14H2,1-3H3/t18-,19+/m0/s1. The summed E-state index contributed by atoms with van der Waals surface area (Å²) in [5.41, 5.74) is 2.44. The summed E-state index contributed by atoms with van der Waals surface area (Å²) >= 11 is 6.30. The SMILES string of the molecule is CC(C)(C)[C@H]1CN(Cc2ccncc2Cl)C[C@@H](c2ccccc2)O1. The molecule has 0 amide bonds. The van der Waals surface area contributed by atoms with Crippen LogP contribution in [0.2, 0.25) is 5.02 Å². The van der Waals surface area contributed by atoms with E-state index >= 15 is 0 Å². The van der Waals surface area contributed by atoms with Crippen LogP contribution in [-0.2, 0) is 11.3 Å². The molecule has 1 fully saturated rings. The van der Waals surface area contributed by atoms with Crippen LogP contribution >= 0.6 is 11.6 Å². The molecule has 0 radical (unpaired) electrons. The predicted octanol–water partition coefficient (Wildman–Crippen LogP) is 4.72. The molecule has 2 heterocycles. The van der Waals surface area contributed by atoms with E-state index in [1.807, 2.05) is 12.1 Å². The fraction of sp³-hybridized carbons (Fsp3) is 0.450. The average molecular weight is 345 g/mol. The minimum atomic E-state index is 0.0878. The number of morpholine rings is 1. The fourth-order valence-electron chi connectivity index (χ4n) is 3.06. The number of nitrogens with zero attached hydrogens (tertiary/aromatic N) is 2. The summed E-state index contributed by atoms with van der Waals surface area (Å²) in [4.78, 5) is 6.52. The lowest BCUT2D eigenvalue weighted by atomic mass is 9.87. The van der Waals surface area contributed by atoms with Gasteiger partial charge >= 0.3 is 0 Å². The number of rotatable bonds is 3. The van der Waals surface area contributed by atoms with E-state index < -0.39 is 0 Å². The molecule has 1 aromatic heterocycles. The first-order valence-electron chi connectivity index (χ1n) is 8.44. The Morgan fingerprint density at radius 2 is 1.92 bits per heavy atom. The van der Waals surface area contributed by atoms with Gasteiger partial charge in [-0.1, -0.05) is 62.7 Å². The highest BCUT2D eigenvalue weighted by molar-refractivity contribution is 6.31. The molecule has 0 unspecified atom stereocenters. The molecule has 2 aromatic rings. The summed E-state index contributed by atoms with van der Waals surface area (Å²) in [6, 6.07) is 12.5. The molecule has 0 N–H and O–H groups in total. The molecule has 1 aromatic carbocycles. The van der Waals surface area contributed by atoms with Crippen LogP contribution in [0, 0.1) is 5.41 Å². The van der Waals surface area contributed by atoms with E-state index in [0.29, 0.717) is 0 Å². The molecule has 0 aliphatic carbocycles. The van der Waals surface area contributed by atoms with Crippen LogP contribution in [0.1, 0.15) is 38.0 Å². The Labute approximate surface area is 149 Å². The van der Waals surface area contributed by atoms with E-state index in [-0.39, 0.29) is 17.6 Å². The van der Waals surface area contributed by atoms with Gasteiger partial charge in [0.1, 0.15) is 0 Å². The largest absolute Gasteiger partial charge is 0.367 e. The van der Waals surface area contributed by atoms with E-state index in [0.717, 1.165) is 30.2 Å². The Balaban J connectivity index is 1.82. The van der Waals surface area contributed by atoms with Gasteiger partial charge in [-0.3, -0.25) is 9.88 Å². The molecule has 128 valence electrons. The van der Waals surface area contributed by atoms with Crippen LogP contribution in [0.25, 0.3) is 0 Å². The molecule has 0 saturated carbocycles. The molecular formula is C20H25ClN2O. The van der Waals surface area contributed by atoms with Crippen molar-refractivity contribution in [3.05, 3.63) is 64.9 Å². The number of pyridine rings is 1. The second-order valence-corrected chi connectivity index (χ2v) is 7.96. The summed E-state index contributed by atoms with van der Waals surface area (Å²) in [7, 11) is 0. The third-order valence-electron chi connectivity index (χ3n) is 4.56. The van der Waals surface area contributed by atoms with Gasteiger partial charge in [0.05, 0.1) is 17.2 Å². The number of halogens is 1. The van der Waals surface area contributed by atoms with E-state index in [9.17, 15) is 0 Å². The number of aromatic nitrogens is 1. The first kappa shape index (κ1) is 17.4. The summed E-state index contributed by atoms with van der Waals surface area (Å²) in [6.07, 6.45) is 3.78. The smallest absolute Gasteiger partial charge is 0.0956 e. The van der Waals surface area contributed by atoms with Crippen molar-refractivity contribution < 1.29 is 4.74 Å². The Bertz CT molecular complexity index is 669. The zero-order valence-electron chi connectivity index (χ0n) is 14.6. The topological polar surface area (TPSA) is 25.4 Å². The molecule has 2 atom stereocenters. The molecule has 3 rings (SSSR count). The van der Waals surface area contributed by atoms with Gasteiger partial charge < -0.3 is 4.74 Å². The van der Waals surface area contributed by atoms with Crippen molar-refractivity contribution in [3.63, 3.8) is 0 Å². The molecule has 3 nitrogen and oxygen atoms in total. The highest BCUT2D eigenvalue weighted by Crippen LogP contribution is 2.34. The quantitative estimate of drug-likeness (QED) is 0.805. The maximum atomic E-state index is 6.45. The third kappa shape index (κ3) is 4.15. The van der Waals surface area contributed by atoms with Crippen LogP contribution in [0.3, 0.4) is 0 Å². The second-order valence-electron chi connectivity index (χ2n) is 7.55. The van der Waals surface area contributed by atoms with Gasteiger partial charge in [-0.25, -0.2) is 0 Å². The molecule has 0 bridgehead atoms. The van der Waals surface area contributed by atoms with Gasteiger partial charge in [-0.2, -0.15) is 0 Å². The average Bonchev–Trinajstić information content (AvgIpc) is 2.57. The zero-order chi connectivity index (χ0) is 17.2. The lowest BCUT2D eigenvalue weighted by molar-refractivity contribution is -0.130. The highest BCUT2D eigenvalue weighted by Gasteiger charge is 2.35. The Morgan fingerprint density at radius 3 is 2.58 bits per heavy atom. The monoisotopic (exact) mass is 344 g/mol. The van der Waals surface area contributed by atoms with Gasteiger partial charge in [0.2, 0.25) is 0 Å². The van der Waals surface area contributed by atoms with Crippen molar-refractivity contribution >= 4 is 11.6 Å². The number of ether oxygens (including phenoxy) is 1. The van der Waals surface area contributed by atoms with Gasteiger partial charge in [-0.05, 0) is 22.6 Å². The fourth-order valence-corrected chi connectivity index (χ4v) is 3.24. The van der Waals surface area contributed by atoms with Crippen LogP contribution in [-0.4, -0.2) is 29.1 Å². The lowest BCUT2D eigenvalue weighted by Crippen LogP contribution is -2.48. The Kier molecular flexibility index (Phi) is 5.24. The van der Waals surface area contributed by atoms with Crippen molar-refractivity contribution in [3.8, 4) is 0 Å². The van der Waals surface area contributed by atoms with Crippen molar-refractivity contribution in [2.75, 3.05) is 13.1 Å². The molecule has 1 saturated heterocycles. The van der Waals surface area contributed by atoms with Crippen LogP contribution in [0.4, 0.5) is 0 Å². The second kappa shape index (κ2) is 7.22. The van der Waals surface area contributed by atoms with Crippen LogP contribution < -0.4 is 0 Å². The van der Waals surface area contributed by atoms with Crippen LogP contribution in [0.5, 0.6) is 0 Å². The molecule has 1 aliphatic heterocycles. The van der Waals surface area contributed by atoms with E-state index in [2.05, 4.69) is 54.9 Å². The maximum absolute atomic E-state index is 6.45. The van der Waals surface area contributed by atoms with Crippen molar-refractivity contribution in [2.45, 2.75) is 39.5 Å². The van der Waals surface area contributed by atoms with Gasteiger partial charge in [0.15, 0.2) is 0 Å². The molecule has 24 heavy (non-hydrogen) atoms. The van der Waals surface area contributed by atoms with E-state index in [1.165, 1.54) is 5.56 Å². The molecule has 1 aliphatic rings. The van der Waals surface area contributed by atoms with Gasteiger partial charge in [0.25, 0.3) is 0 Å². The summed E-state index contributed by atoms with van der Waals surface area (Å²) in [5, 5.41) is 0.729. The normalized spacial score (nSPS) is 22.5. The van der Waals surface area contributed by atoms with E-state index in [4.69, 9.17) is 16.3 Å². The maximum Gasteiger partial charge on any atom is 0.0956 e. The number of hydrogen-bond acceptors (Lipinski definition) is 3. The van der Waals surface area contributed by atoms with E-state index in [1.54, 1.807) is 12.4 Å². The van der Waals surface area contributed by atoms with Gasteiger partial charge in [-0.15, -0.1) is 0 Å². The van der Waals surface area contributed by atoms with Crippen LogP contribution in [0.15, 0.2) is 48.8 Å². The Hall–Kier alpha value is -1.42. The van der Waals surface area contributed by atoms with Crippen molar-refractivity contribution in [2.24, 2.45) is 5.41 Å². The summed E-state index contributed by atoms with van der Waals surface area (Å²) < 4.78 is 6.45. The predicted molar refractivity (Wildman–Crippen MR) is 98.0 cm³/mol. The molecule has 0 spiro atoms. The lowest BCUT2D eigenvalue weighted by Gasteiger charge is -2.43. The minimum Gasteiger partial charge on any atom is -0.367 e. The van der Waals surface area contributed by atoms with Crippen molar-refractivity contribution in [1.82, 2.24) is 9.88 Å². The van der Waals surface area contributed by atoms with Crippen molar-refractivity contribution in [1.29, 1.82) is 0 Å². The first-order chi connectivity index (χ1) is 11.4. The molecular weight excluding hydrogens is 320 g/mol. The Morgan fingerprint density at radius 1 is 1.17 bits per heavy atom. The molecule has 4 heteroatoms. The first-order valence-corrected chi connectivity index (χ1v) is 8.82. The highest BCUT2D eigenvalue weighted by atomic mass is 35.5. The summed E-state index contributed by atoms with van der Waals surface area (Å²) in [5.74, 6) is 0. The zero-order valence-corrected chi connectivity index (χ0v) is 15.3. The number of benzene rings is 1. The van der Waals surface area contributed by atoms with Gasteiger partial charge in [0, 0.05) is 32.0 Å². The number of hydrogen-bond donors (Lipinski definition) is 0.